The first kappa shape index (κ1) is 13.5. The van der Waals surface area contributed by atoms with Crippen LogP contribution in [-0.2, 0) is 4.79 Å². The summed E-state index contributed by atoms with van der Waals surface area (Å²) in [7, 11) is 0. The average Bonchev–Trinajstić information content (AvgIpc) is 2.38. The van der Waals surface area contributed by atoms with Crippen molar-refractivity contribution in [1.29, 1.82) is 5.41 Å². The summed E-state index contributed by atoms with van der Waals surface area (Å²) in [6.45, 7) is 4.62. The van der Waals surface area contributed by atoms with Crippen molar-refractivity contribution in [1.82, 2.24) is 5.32 Å². The Morgan fingerprint density at radius 3 is 2.68 bits per heavy atom. The number of nitrogens with one attached hydrogen (secondary N) is 2. The second-order valence-corrected chi connectivity index (χ2v) is 4.80. The highest BCUT2D eigenvalue weighted by atomic mass is 16.3. The smallest absolute Gasteiger partial charge is 0.157 e. The Morgan fingerprint density at radius 2 is 2.11 bits per heavy atom. The second kappa shape index (κ2) is 5.36. The SMILES string of the molecule is CC(=N)c1ccc(C2=C(C(C)=O)CNCC2)cc1O. The molecule has 3 N–H and O–H groups in total. The van der Waals surface area contributed by atoms with Gasteiger partial charge in [-0.3, -0.25) is 4.79 Å². The van der Waals surface area contributed by atoms with Crippen molar-refractivity contribution in [3.05, 3.63) is 34.9 Å². The number of hydrogen-bond donors (Lipinski definition) is 3. The van der Waals surface area contributed by atoms with E-state index in [9.17, 15) is 9.90 Å². The molecule has 0 spiro atoms. The molecule has 0 aliphatic carbocycles. The van der Waals surface area contributed by atoms with Crippen LogP contribution < -0.4 is 5.32 Å². The van der Waals surface area contributed by atoms with Gasteiger partial charge in [0.2, 0.25) is 0 Å². The van der Waals surface area contributed by atoms with Crippen LogP contribution in [0.1, 0.15) is 31.4 Å². The maximum Gasteiger partial charge on any atom is 0.157 e. The highest BCUT2D eigenvalue weighted by molar-refractivity contribution is 6.03. The lowest BCUT2D eigenvalue weighted by Gasteiger charge is -2.20. The van der Waals surface area contributed by atoms with E-state index in [0.29, 0.717) is 17.8 Å². The minimum absolute atomic E-state index is 0.0639. The highest BCUT2D eigenvalue weighted by Crippen LogP contribution is 2.29. The molecule has 1 aliphatic rings. The first-order valence-corrected chi connectivity index (χ1v) is 6.33. The molecule has 0 bridgehead atoms. The normalized spacial score (nSPS) is 15.5. The largest absolute Gasteiger partial charge is 0.507 e. The van der Waals surface area contributed by atoms with Crippen molar-refractivity contribution in [2.75, 3.05) is 13.1 Å². The molecule has 1 aromatic rings. The Hall–Kier alpha value is -1.94. The number of Topliss-reactive ketones (excluding diaryl/α,β-unsaturated/α-hetero) is 1. The van der Waals surface area contributed by atoms with Crippen molar-refractivity contribution in [2.45, 2.75) is 20.3 Å². The summed E-state index contributed by atoms with van der Waals surface area (Å²) in [6, 6.07) is 5.26. The predicted molar refractivity (Wildman–Crippen MR) is 75.7 cm³/mol. The van der Waals surface area contributed by atoms with Crippen LogP contribution in [0.3, 0.4) is 0 Å². The average molecular weight is 258 g/mol. The topological polar surface area (TPSA) is 73.2 Å². The standard InChI is InChI=1S/C15H18N2O2/c1-9(16)12-4-3-11(7-15(12)19)13-5-6-17-8-14(13)10(2)18/h3-4,7,16-17,19H,5-6,8H2,1-2H3. The summed E-state index contributed by atoms with van der Waals surface area (Å²) in [6.07, 6.45) is 0.775. The quantitative estimate of drug-likeness (QED) is 0.727. The molecule has 1 aromatic carbocycles. The molecule has 0 unspecified atom stereocenters. The minimum atomic E-state index is 0.0639. The second-order valence-electron chi connectivity index (χ2n) is 4.80. The van der Waals surface area contributed by atoms with Crippen LogP contribution in [0.5, 0.6) is 5.75 Å². The number of ketones is 1. The van der Waals surface area contributed by atoms with Crippen LogP contribution in [-0.4, -0.2) is 29.7 Å². The zero-order chi connectivity index (χ0) is 14.0. The fourth-order valence-corrected chi connectivity index (χ4v) is 2.38. The van der Waals surface area contributed by atoms with Crippen LogP contribution in [0, 0.1) is 5.41 Å². The van der Waals surface area contributed by atoms with Gasteiger partial charge in [0.1, 0.15) is 5.75 Å². The van der Waals surface area contributed by atoms with Gasteiger partial charge in [-0.2, -0.15) is 0 Å². The van der Waals surface area contributed by atoms with Crippen LogP contribution in [0.2, 0.25) is 0 Å². The fourth-order valence-electron chi connectivity index (χ4n) is 2.38. The van der Waals surface area contributed by atoms with E-state index in [-0.39, 0.29) is 11.5 Å². The number of carbonyl (C=O) groups is 1. The minimum Gasteiger partial charge on any atom is -0.507 e. The van der Waals surface area contributed by atoms with Gasteiger partial charge in [0.15, 0.2) is 5.78 Å². The Bertz CT molecular complexity index is 574. The van der Waals surface area contributed by atoms with E-state index in [1.165, 1.54) is 0 Å². The Kier molecular flexibility index (Phi) is 3.81. The number of benzene rings is 1. The number of phenols is 1. The summed E-state index contributed by atoms with van der Waals surface area (Å²) < 4.78 is 0. The zero-order valence-corrected chi connectivity index (χ0v) is 11.2. The molecule has 0 radical (unpaired) electrons. The van der Waals surface area contributed by atoms with Crippen molar-refractivity contribution in [3.8, 4) is 5.75 Å². The fraction of sp³-hybridized carbons (Fsp3) is 0.333. The molecule has 100 valence electrons. The van der Waals surface area contributed by atoms with Gasteiger partial charge in [-0.05, 0) is 50.1 Å². The predicted octanol–water partition coefficient (Wildman–Crippen LogP) is 2.12. The van der Waals surface area contributed by atoms with Crippen LogP contribution in [0.4, 0.5) is 0 Å². The maximum atomic E-state index is 11.6. The van der Waals surface area contributed by atoms with E-state index in [1.54, 1.807) is 26.0 Å². The molecule has 0 amide bonds. The number of aromatic hydroxyl groups is 1. The third-order valence-electron chi connectivity index (χ3n) is 3.39. The summed E-state index contributed by atoms with van der Waals surface area (Å²) in [5, 5.41) is 20.7. The molecule has 0 aromatic heterocycles. The molecule has 0 saturated carbocycles. The van der Waals surface area contributed by atoms with Crippen molar-refractivity contribution < 1.29 is 9.90 Å². The van der Waals surface area contributed by atoms with E-state index in [1.807, 2.05) is 6.07 Å². The first-order chi connectivity index (χ1) is 9.00. The molecule has 0 atom stereocenters. The van der Waals surface area contributed by atoms with Gasteiger partial charge in [0, 0.05) is 23.4 Å². The highest BCUT2D eigenvalue weighted by Gasteiger charge is 2.18. The number of carbonyl (C=O) groups excluding carboxylic acids is 1. The first-order valence-electron chi connectivity index (χ1n) is 6.33. The van der Waals surface area contributed by atoms with Gasteiger partial charge in [-0.25, -0.2) is 0 Å². The number of rotatable bonds is 3. The molecule has 4 nitrogen and oxygen atoms in total. The van der Waals surface area contributed by atoms with E-state index >= 15 is 0 Å². The Morgan fingerprint density at radius 1 is 1.37 bits per heavy atom. The van der Waals surface area contributed by atoms with E-state index in [2.05, 4.69) is 5.32 Å². The molecule has 0 fully saturated rings. The van der Waals surface area contributed by atoms with Gasteiger partial charge >= 0.3 is 0 Å². The summed E-state index contributed by atoms with van der Waals surface area (Å²) in [4.78, 5) is 11.6. The summed E-state index contributed by atoms with van der Waals surface area (Å²) in [5.74, 6) is 0.160. The number of hydrogen-bond acceptors (Lipinski definition) is 4. The van der Waals surface area contributed by atoms with Gasteiger partial charge < -0.3 is 15.8 Å². The van der Waals surface area contributed by atoms with Crippen molar-refractivity contribution in [2.24, 2.45) is 0 Å². The molecule has 4 heteroatoms. The molecule has 19 heavy (non-hydrogen) atoms. The van der Waals surface area contributed by atoms with E-state index in [4.69, 9.17) is 5.41 Å². The van der Waals surface area contributed by atoms with E-state index in [0.717, 1.165) is 29.7 Å². The third-order valence-corrected chi connectivity index (χ3v) is 3.39. The van der Waals surface area contributed by atoms with Crippen molar-refractivity contribution in [3.63, 3.8) is 0 Å². The molecule has 1 aliphatic heterocycles. The van der Waals surface area contributed by atoms with Gasteiger partial charge in [-0.15, -0.1) is 0 Å². The van der Waals surface area contributed by atoms with Crippen LogP contribution in [0.25, 0.3) is 5.57 Å². The maximum absolute atomic E-state index is 11.6. The molecule has 2 rings (SSSR count). The molecular formula is C15H18N2O2. The lowest BCUT2D eigenvalue weighted by molar-refractivity contribution is -0.113. The van der Waals surface area contributed by atoms with Gasteiger partial charge in [-0.1, -0.05) is 6.07 Å². The lowest BCUT2D eigenvalue weighted by Crippen LogP contribution is -2.27. The summed E-state index contributed by atoms with van der Waals surface area (Å²) >= 11 is 0. The van der Waals surface area contributed by atoms with E-state index < -0.39 is 0 Å². The van der Waals surface area contributed by atoms with Gasteiger partial charge in [0.05, 0.1) is 0 Å². The molecular weight excluding hydrogens is 240 g/mol. The molecule has 0 saturated heterocycles. The zero-order valence-electron chi connectivity index (χ0n) is 11.2. The Labute approximate surface area is 112 Å². The monoisotopic (exact) mass is 258 g/mol. The van der Waals surface area contributed by atoms with Crippen molar-refractivity contribution >= 4 is 17.1 Å². The van der Waals surface area contributed by atoms with Gasteiger partial charge in [0.25, 0.3) is 0 Å². The number of phenolic OH excluding ortho intramolecular Hbond substituents is 1. The summed E-state index contributed by atoms with van der Waals surface area (Å²) in [5.41, 5.74) is 3.51. The van der Waals surface area contributed by atoms with Crippen LogP contribution >= 0.6 is 0 Å². The third kappa shape index (κ3) is 2.74. The molecule has 1 heterocycles. The Balaban J connectivity index is 2.49. The lowest BCUT2D eigenvalue weighted by atomic mass is 9.91. The van der Waals surface area contributed by atoms with Crippen LogP contribution in [0.15, 0.2) is 23.8 Å².